The number of hydrogen-bond donors (Lipinski definition) is 3. The number of methoxy groups -OCH3 is 1. The topological polar surface area (TPSA) is 151 Å². The maximum absolute atomic E-state index is 13.5. The van der Waals surface area contributed by atoms with Crippen LogP contribution in [0.3, 0.4) is 0 Å². The lowest BCUT2D eigenvalue weighted by atomic mass is 10.0. The maximum Gasteiger partial charge on any atom is 0.416 e. The largest absolute Gasteiger partial charge is 0.497 e. The number of aliphatic imine (C=N–C) groups is 1. The van der Waals surface area contributed by atoms with Crippen molar-refractivity contribution in [3.05, 3.63) is 124 Å². The van der Waals surface area contributed by atoms with Crippen LogP contribution in [-0.4, -0.2) is 53.6 Å². The summed E-state index contributed by atoms with van der Waals surface area (Å²) in [6, 6.07) is 22.5. The molecular formula is C34H29F3N4O6. The van der Waals surface area contributed by atoms with Crippen molar-refractivity contribution >= 4 is 41.3 Å². The lowest BCUT2D eigenvalue weighted by Crippen LogP contribution is -2.35. The van der Waals surface area contributed by atoms with E-state index in [-0.39, 0.29) is 34.7 Å². The van der Waals surface area contributed by atoms with Gasteiger partial charge < -0.3 is 25.8 Å². The van der Waals surface area contributed by atoms with Crippen LogP contribution in [0.1, 0.15) is 43.0 Å². The second-order valence-corrected chi connectivity index (χ2v) is 10.3. The Hall–Kier alpha value is -5.98. The van der Waals surface area contributed by atoms with E-state index in [4.69, 9.17) is 10.5 Å². The molecule has 0 atom stereocenters. The summed E-state index contributed by atoms with van der Waals surface area (Å²) in [7, 11) is 1.23. The molecule has 10 nitrogen and oxygen atoms in total. The molecule has 0 aromatic heterocycles. The monoisotopic (exact) mass is 646 g/mol. The molecule has 0 saturated carbocycles. The first-order valence-electron chi connectivity index (χ1n) is 14.0. The molecule has 0 fully saturated rings. The van der Waals surface area contributed by atoms with Gasteiger partial charge in [-0.05, 0) is 65.2 Å². The van der Waals surface area contributed by atoms with E-state index < -0.39 is 48.4 Å². The molecule has 242 valence electrons. The van der Waals surface area contributed by atoms with E-state index in [1.54, 1.807) is 18.3 Å². The fraction of sp³-hybridized carbons (Fsp3) is 0.147. The summed E-state index contributed by atoms with van der Waals surface area (Å²) in [5.41, 5.74) is 6.20. The standard InChI is InChI=1S/C34H29F3N4O6/c1-47-26-13-10-24(28(17-26)34(35,36)37)16-30(42)40-25-11-8-23(9-12-25)33(46)41(20-31(43)44)19-22-7-14-29(27(15-22)32(38)45)39-18-21-5-3-2-4-6-21/h2-15,17-18H,16,19-20H2,1H3,(H2,38,45)(H,40,42)(H,43,44). The molecule has 0 bridgehead atoms. The molecule has 0 spiro atoms. The Morgan fingerprint density at radius 2 is 1.66 bits per heavy atom. The van der Waals surface area contributed by atoms with Gasteiger partial charge >= 0.3 is 12.1 Å². The van der Waals surface area contributed by atoms with Crippen molar-refractivity contribution in [2.45, 2.75) is 19.1 Å². The predicted molar refractivity (Wildman–Crippen MR) is 168 cm³/mol. The molecule has 4 aromatic rings. The zero-order valence-corrected chi connectivity index (χ0v) is 25.0. The first kappa shape index (κ1) is 33.9. The summed E-state index contributed by atoms with van der Waals surface area (Å²) in [5, 5.41) is 12.0. The summed E-state index contributed by atoms with van der Waals surface area (Å²) in [5.74, 6) is -3.43. The predicted octanol–water partition coefficient (Wildman–Crippen LogP) is 5.47. The van der Waals surface area contributed by atoms with Crippen LogP contribution in [0.2, 0.25) is 0 Å². The third-order valence-corrected chi connectivity index (χ3v) is 6.85. The van der Waals surface area contributed by atoms with E-state index in [1.807, 2.05) is 30.3 Å². The fourth-order valence-corrected chi connectivity index (χ4v) is 4.62. The number of rotatable bonds is 12. The molecular weight excluding hydrogens is 617 g/mol. The van der Waals surface area contributed by atoms with Crippen LogP contribution in [0.25, 0.3) is 0 Å². The average molecular weight is 647 g/mol. The van der Waals surface area contributed by atoms with Gasteiger partial charge in [-0.3, -0.25) is 24.2 Å². The third kappa shape index (κ3) is 9.26. The van der Waals surface area contributed by atoms with Gasteiger partial charge in [-0.1, -0.05) is 42.5 Å². The number of carbonyl (C=O) groups is 4. The Kier molecular flexibility index (Phi) is 10.7. The molecule has 0 radical (unpaired) electrons. The summed E-state index contributed by atoms with van der Waals surface area (Å²) in [6.07, 6.45) is -3.71. The molecule has 0 heterocycles. The second-order valence-electron chi connectivity index (χ2n) is 10.3. The lowest BCUT2D eigenvalue weighted by Gasteiger charge is -2.21. The van der Waals surface area contributed by atoms with Crippen LogP contribution in [0.15, 0.2) is 96.0 Å². The number of alkyl halides is 3. The smallest absolute Gasteiger partial charge is 0.416 e. The van der Waals surface area contributed by atoms with E-state index in [1.165, 1.54) is 43.5 Å². The van der Waals surface area contributed by atoms with Gasteiger partial charge in [0.25, 0.3) is 11.8 Å². The minimum atomic E-state index is -4.70. The van der Waals surface area contributed by atoms with Gasteiger partial charge in [0.15, 0.2) is 0 Å². The van der Waals surface area contributed by atoms with Crippen molar-refractivity contribution in [2.75, 3.05) is 19.0 Å². The number of halogens is 3. The van der Waals surface area contributed by atoms with Crippen LogP contribution >= 0.6 is 0 Å². The highest BCUT2D eigenvalue weighted by Gasteiger charge is 2.34. The van der Waals surface area contributed by atoms with Gasteiger partial charge in [-0.25, -0.2) is 0 Å². The van der Waals surface area contributed by atoms with Crippen molar-refractivity contribution in [1.29, 1.82) is 0 Å². The zero-order valence-electron chi connectivity index (χ0n) is 25.0. The normalized spacial score (nSPS) is 11.2. The number of nitrogens with zero attached hydrogens (tertiary/aromatic N) is 2. The number of carbonyl (C=O) groups excluding carboxylic acids is 3. The summed E-state index contributed by atoms with van der Waals surface area (Å²) >= 11 is 0. The van der Waals surface area contributed by atoms with Gasteiger partial charge in [0, 0.05) is 24.0 Å². The SMILES string of the molecule is COc1ccc(CC(=O)Nc2ccc(C(=O)N(CC(=O)O)Cc3ccc(N=Cc4ccccc4)c(C(N)=O)c3)cc2)c(C(F)(F)F)c1. The molecule has 0 unspecified atom stereocenters. The number of hydrogen-bond acceptors (Lipinski definition) is 6. The molecule has 4 rings (SSSR count). The Bertz CT molecular complexity index is 1810. The van der Waals surface area contributed by atoms with E-state index in [2.05, 4.69) is 10.3 Å². The number of ether oxygens (including phenoxy) is 1. The van der Waals surface area contributed by atoms with Gasteiger partial charge in [0.2, 0.25) is 5.91 Å². The van der Waals surface area contributed by atoms with Gasteiger partial charge in [-0.2, -0.15) is 13.2 Å². The lowest BCUT2D eigenvalue weighted by molar-refractivity contribution is -0.139. The summed E-state index contributed by atoms with van der Waals surface area (Å²) < 4.78 is 45.4. The van der Waals surface area contributed by atoms with E-state index in [0.717, 1.165) is 22.6 Å². The number of carboxylic acids is 1. The van der Waals surface area contributed by atoms with Crippen molar-refractivity contribution < 1.29 is 42.2 Å². The van der Waals surface area contributed by atoms with E-state index >= 15 is 0 Å². The number of primary amides is 1. The van der Waals surface area contributed by atoms with Crippen molar-refractivity contribution in [3.8, 4) is 5.75 Å². The van der Waals surface area contributed by atoms with Crippen LogP contribution in [-0.2, 0) is 28.7 Å². The highest BCUT2D eigenvalue weighted by Crippen LogP contribution is 2.35. The Balaban J connectivity index is 1.48. The number of aliphatic carboxylic acids is 1. The Morgan fingerprint density at radius 3 is 2.28 bits per heavy atom. The number of benzene rings is 4. The molecule has 0 aliphatic rings. The second kappa shape index (κ2) is 14.9. The van der Waals surface area contributed by atoms with Crippen LogP contribution in [0.5, 0.6) is 5.75 Å². The molecule has 4 N–H and O–H groups in total. The van der Waals surface area contributed by atoms with Crippen molar-refractivity contribution in [1.82, 2.24) is 4.90 Å². The minimum absolute atomic E-state index is 0.00277. The van der Waals surface area contributed by atoms with E-state index in [0.29, 0.717) is 11.3 Å². The van der Waals surface area contributed by atoms with Gasteiger partial charge in [0.1, 0.15) is 12.3 Å². The molecule has 13 heteroatoms. The van der Waals surface area contributed by atoms with Gasteiger partial charge in [0.05, 0.1) is 30.3 Å². The third-order valence-electron chi connectivity index (χ3n) is 6.85. The number of anilines is 1. The Labute approximate surface area is 267 Å². The Morgan fingerprint density at radius 1 is 0.957 bits per heavy atom. The zero-order chi connectivity index (χ0) is 34.1. The maximum atomic E-state index is 13.5. The van der Waals surface area contributed by atoms with Crippen LogP contribution in [0.4, 0.5) is 24.5 Å². The fourth-order valence-electron chi connectivity index (χ4n) is 4.62. The van der Waals surface area contributed by atoms with Crippen molar-refractivity contribution in [2.24, 2.45) is 10.7 Å². The molecule has 3 amide bonds. The first-order valence-corrected chi connectivity index (χ1v) is 14.0. The number of nitrogens with two attached hydrogens (primary N) is 1. The minimum Gasteiger partial charge on any atom is -0.497 e. The van der Waals surface area contributed by atoms with E-state index in [9.17, 15) is 37.5 Å². The molecule has 47 heavy (non-hydrogen) atoms. The molecule has 4 aromatic carbocycles. The van der Waals surface area contributed by atoms with Crippen molar-refractivity contribution in [3.63, 3.8) is 0 Å². The molecule has 0 saturated heterocycles. The average Bonchev–Trinajstić information content (AvgIpc) is 3.03. The van der Waals surface area contributed by atoms with Crippen LogP contribution < -0.4 is 15.8 Å². The highest BCUT2D eigenvalue weighted by atomic mass is 19.4. The summed E-state index contributed by atoms with van der Waals surface area (Å²) in [6.45, 7) is -0.851. The molecule has 0 aliphatic heterocycles. The highest BCUT2D eigenvalue weighted by molar-refractivity contribution is 6.00. The van der Waals surface area contributed by atoms with Gasteiger partial charge in [-0.15, -0.1) is 0 Å². The quantitative estimate of drug-likeness (QED) is 0.174. The summed E-state index contributed by atoms with van der Waals surface area (Å²) in [4.78, 5) is 55.1. The number of nitrogens with one attached hydrogen (secondary N) is 1. The number of carboxylic acid groups (broad SMARTS) is 1. The first-order chi connectivity index (χ1) is 22.3. The van der Waals surface area contributed by atoms with Crippen LogP contribution in [0, 0.1) is 0 Å². The number of amides is 3. The molecule has 0 aliphatic carbocycles.